The van der Waals surface area contributed by atoms with Gasteiger partial charge in [-0.05, 0) is 12.1 Å². The summed E-state index contributed by atoms with van der Waals surface area (Å²) < 4.78 is -0.585. The molecule has 2 aromatic rings. The number of carbonyl (C=O) groups is 2. The summed E-state index contributed by atoms with van der Waals surface area (Å²) >= 11 is 12.0. The van der Waals surface area contributed by atoms with Crippen LogP contribution < -0.4 is 0 Å². The molecular weight excluding hydrogens is 277 g/mol. The van der Waals surface area contributed by atoms with Crippen LogP contribution in [0, 0.1) is 0 Å². The summed E-state index contributed by atoms with van der Waals surface area (Å²) in [5.74, 6) is -0.654. The molecule has 1 aliphatic heterocycles. The van der Waals surface area contributed by atoms with Gasteiger partial charge in [-0.25, -0.2) is 14.3 Å². The number of imidazole rings is 1. The number of alkyl halides is 2. The molecule has 7 heteroatoms. The molecule has 1 aromatic carbocycles. The fourth-order valence-corrected chi connectivity index (χ4v) is 2.48. The lowest BCUT2D eigenvalue weighted by molar-refractivity contribution is -0.129. The molecule has 1 aliphatic rings. The number of hydrogen-bond acceptors (Lipinski definition) is 3. The fourth-order valence-electron chi connectivity index (χ4n) is 1.97. The van der Waals surface area contributed by atoms with Crippen molar-refractivity contribution in [2.24, 2.45) is 0 Å². The van der Waals surface area contributed by atoms with Gasteiger partial charge >= 0.3 is 6.03 Å². The molecule has 5 nitrogen and oxygen atoms in total. The van der Waals surface area contributed by atoms with Gasteiger partial charge in [-0.15, -0.1) is 0 Å². The molecule has 1 aromatic heterocycles. The van der Waals surface area contributed by atoms with E-state index in [1.165, 1.54) is 11.6 Å². The number of likely N-dealkylation sites (N-methyl/N-ethyl adjacent to an activating group) is 1. The number of nitrogens with zero attached hydrogens (tertiary/aromatic N) is 3. The Balaban J connectivity index is 2.43. The third-order valence-corrected chi connectivity index (χ3v) is 3.55. The van der Waals surface area contributed by atoms with Gasteiger partial charge in [0.2, 0.25) is 0 Å². The standard InChI is InChI=1S/C11H7Cl2N3O2/c1-15-9(17)11(12,13)8-14-6-4-2-3-5-7(6)16(8)10(15)18/h2-5H,1H3. The highest BCUT2D eigenvalue weighted by molar-refractivity contribution is 6.58. The van der Waals surface area contributed by atoms with Crippen molar-refractivity contribution in [3.8, 4) is 0 Å². The second-order valence-electron chi connectivity index (χ2n) is 3.98. The molecule has 0 saturated carbocycles. The van der Waals surface area contributed by atoms with Crippen LogP contribution in [-0.2, 0) is 9.13 Å². The summed E-state index contributed by atoms with van der Waals surface area (Å²) in [6, 6.07) is 6.48. The first-order chi connectivity index (χ1) is 8.44. The first-order valence-corrected chi connectivity index (χ1v) is 5.88. The van der Waals surface area contributed by atoms with Crippen LogP contribution in [0.3, 0.4) is 0 Å². The number of carbonyl (C=O) groups excluding carboxylic acids is 2. The average molecular weight is 284 g/mol. The fraction of sp³-hybridized carbons (Fsp3) is 0.182. The van der Waals surface area contributed by atoms with Crippen molar-refractivity contribution in [1.29, 1.82) is 0 Å². The smallest absolute Gasteiger partial charge is 0.270 e. The number of halogens is 2. The normalized spacial score (nSPS) is 18.3. The predicted molar refractivity (Wildman–Crippen MR) is 66.7 cm³/mol. The van der Waals surface area contributed by atoms with Crippen LogP contribution in [0.2, 0.25) is 0 Å². The van der Waals surface area contributed by atoms with E-state index in [1.807, 2.05) is 0 Å². The van der Waals surface area contributed by atoms with Gasteiger partial charge in [0, 0.05) is 7.05 Å². The number of imide groups is 1. The van der Waals surface area contributed by atoms with Crippen molar-refractivity contribution in [3.05, 3.63) is 30.1 Å². The molecule has 18 heavy (non-hydrogen) atoms. The minimum Gasteiger partial charge on any atom is -0.270 e. The second kappa shape index (κ2) is 3.46. The summed E-state index contributed by atoms with van der Waals surface area (Å²) in [5, 5.41) is 0. The van der Waals surface area contributed by atoms with E-state index in [-0.39, 0.29) is 5.82 Å². The van der Waals surface area contributed by atoms with Gasteiger partial charge in [-0.3, -0.25) is 9.69 Å². The first-order valence-electron chi connectivity index (χ1n) is 5.13. The maximum atomic E-state index is 12.1. The Bertz CT molecular complexity index is 693. The monoisotopic (exact) mass is 283 g/mol. The molecule has 0 radical (unpaired) electrons. The van der Waals surface area contributed by atoms with Crippen molar-refractivity contribution in [2.75, 3.05) is 7.05 Å². The summed E-state index contributed by atoms with van der Waals surface area (Å²) in [7, 11) is 1.34. The van der Waals surface area contributed by atoms with E-state index in [1.54, 1.807) is 24.3 Å². The highest BCUT2D eigenvalue weighted by Gasteiger charge is 2.50. The highest BCUT2D eigenvalue weighted by atomic mass is 35.5. The molecule has 0 fully saturated rings. The number of aromatic nitrogens is 2. The number of fused-ring (bicyclic) bond motifs is 3. The topological polar surface area (TPSA) is 55.2 Å². The summed E-state index contributed by atoms with van der Waals surface area (Å²) in [5.41, 5.74) is 1.14. The Morgan fingerprint density at radius 3 is 2.61 bits per heavy atom. The van der Waals surface area contributed by atoms with Crippen LogP contribution >= 0.6 is 23.2 Å². The minimum atomic E-state index is -1.85. The predicted octanol–water partition coefficient (Wildman–Crippen LogP) is 2.11. The van der Waals surface area contributed by atoms with E-state index in [2.05, 4.69) is 4.98 Å². The Kier molecular flexibility index (Phi) is 2.21. The lowest BCUT2D eigenvalue weighted by Gasteiger charge is -2.30. The maximum absolute atomic E-state index is 12.1. The quantitative estimate of drug-likeness (QED) is 0.696. The van der Waals surface area contributed by atoms with E-state index in [4.69, 9.17) is 23.2 Å². The second-order valence-corrected chi connectivity index (χ2v) is 5.31. The van der Waals surface area contributed by atoms with E-state index >= 15 is 0 Å². The number of hydrogen-bond donors (Lipinski definition) is 0. The van der Waals surface area contributed by atoms with Gasteiger partial charge in [0.1, 0.15) is 0 Å². The third kappa shape index (κ3) is 1.26. The van der Waals surface area contributed by atoms with E-state index in [0.717, 1.165) is 4.90 Å². The molecule has 0 unspecified atom stereocenters. The zero-order chi connectivity index (χ0) is 13.1. The van der Waals surface area contributed by atoms with Crippen LogP contribution in [0.4, 0.5) is 4.79 Å². The molecule has 0 atom stereocenters. The van der Waals surface area contributed by atoms with Crippen LogP contribution in [0.1, 0.15) is 5.82 Å². The van der Waals surface area contributed by atoms with Crippen LogP contribution in [0.5, 0.6) is 0 Å². The van der Waals surface area contributed by atoms with E-state index in [0.29, 0.717) is 11.0 Å². The first kappa shape index (κ1) is 11.5. The summed E-state index contributed by atoms with van der Waals surface area (Å²) in [6.07, 6.45) is 0. The molecule has 2 amide bonds. The molecule has 0 N–H and O–H groups in total. The number of amides is 2. The van der Waals surface area contributed by atoms with E-state index < -0.39 is 16.3 Å². The zero-order valence-electron chi connectivity index (χ0n) is 9.22. The number of benzene rings is 1. The van der Waals surface area contributed by atoms with Gasteiger partial charge in [-0.2, -0.15) is 0 Å². The highest BCUT2D eigenvalue weighted by Crippen LogP contribution is 2.39. The zero-order valence-corrected chi connectivity index (χ0v) is 10.7. The molecule has 92 valence electrons. The molecule has 3 rings (SSSR count). The van der Waals surface area contributed by atoms with Crippen molar-refractivity contribution in [3.63, 3.8) is 0 Å². The van der Waals surface area contributed by atoms with Gasteiger partial charge in [0.25, 0.3) is 10.2 Å². The van der Waals surface area contributed by atoms with Crippen LogP contribution in [0.25, 0.3) is 11.0 Å². The van der Waals surface area contributed by atoms with Crippen molar-refractivity contribution >= 4 is 46.2 Å². The van der Waals surface area contributed by atoms with Gasteiger partial charge in [0.15, 0.2) is 5.82 Å². The Hall–Kier alpha value is -1.59. The largest absolute Gasteiger partial charge is 0.336 e. The summed E-state index contributed by atoms with van der Waals surface area (Å²) in [6.45, 7) is 0. The van der Waals surface area contributed by atoms with Crippen LogP contribution in [-0.4, -0.2) is 33.4 Å². The third-order valence-electron chi connectivity index (χ3n) is 2.89. The summed E-state index contributed by atoms with van der Waals surface area (Å²) in [4.78, 5) is 29.0. The van der Waals surface area contributed by atoms with Crippen molar-refractivity contribution in [2.45, 2.75) is 4.33 Å². The Morgan fingerprint density at radius 2 is 1.89 bits per heavy atom. The van der Waals surface area contributed by atoms with Crippen molar-refractivity contribution < 1.29 is 9.59 Å². The van der Waals surface area contributed by atoms with Crippen LogP contribution in [0.15, 0.2) is 24.3 Å². The Labute approximate surface area is 112 Å². The SMILES string of the molecule is CN1C(=O)n2c(nc3ccccc32)C(Cl)(Cl)C1=O. The van der Waals surface area contributed by atoms with Gasteiger partial charge < -0.3 is 0 Å². The Morgan fingerprint density at radius 1 is 1.22 bits per heavy atom. The molecule has 0 bridgehead atoms. The van der Waals surface area contributed by atoms with Crippen molar-refractivity contribution in [1.82, 2.24) is 14.5 Å². The van der Waals surface area contributed by atoms with Gasteiger partial charge in [0.05, 0.1) is 11.0 Å². The van der Waals surface area contributed by atoms with E-state index in [9.17, 15) is 9.59 Å². The number of rotatable bonds is 0. The van der Waals surface area contributed by atoms with Gasteiger partial charge in [-0.1, -0.05) is 35.3 Å². The lowest BCUT2D eigenvalue weighted by atomic mass is 10.3. The lowest BCUT2D eigenvalue weighted by Crippen LogP contribution is -2.50. The minimum absolute atomic E-state index is 0.0418. The molecular formula is C11H7Cl2N3O2. The number of para-hydroxylation sites is 2. The average Bonchev–Trinajstić information content (AvgIpc) is 2.75. The molecule has 0 aliphatic carbocycles. The molecule has 2 heterocycles. The molecule has 0 spiro atoms. The molecule has 0 saturated heterocycles. The maximum Gasteiger partial charge on any atom is 0.336 e.